The lowest BCUT2D eigenvalue weighted by Gasteiger charge is -2.22. The number of aromatic amines is 1. The van der Waals surface area contributed by atoms with Crippen molar-refractivity contribution in [2.45, 2.75) is 19.0 Å². The van der Waals surface area contributed by atoms with Crippen LogP contribution in [0.15, 0.2) is 53.6 Å². The third-order valence-electron chi connectivity index (χ3n) is 4.66. The van der Waals surface area contributed by atoms with E-state index in [1.54, 1.807) is 13.3 Å². The van der Waals surface area contributed by atoms with E-state index >= 15 is 0 Å². The SMILES string of the molecule is COc1ccc(C=NNC(=O)[C@H]2Cc3c([nH]c4ccccc34)CN2)cc1. The Bertz CT molecular complexity index is 960. The van der Waals surface area contributed by atoms with E-state index in [0.717, 1.165) is 22.5 Å². The maximum Gasteiger partial charge on any atom is 0.257 e. The zero-order valence-corrected chi connectivity index (χ0v) is 14.5. The van der Waals surface area contributed by atoms with E-state index in [9.17, 15) is 4.79 Å². The molecule has 0 saturated carbocycles. The summed E-state index contributed by atoms with van der Waals surface area (Å²) in [6, 6.07) is 15.3. The molecule has 1 amide bonds. The second-order valence-electron chi connectivity index (χ2n) is 6.27. The van der Waals surface area contributed by atoms with E-state index in [2.05, 4.69) is 33.0 Å². The largest absolute Gasteiger partial charge is 0.497 e. The minimum atomic E-state index is -0.297. The van der Waals surface area contributed by atoms with Crippen LogP contribution in [-0.2, 0) is 17.8 Å². The Morgan fingerprint density at radius 3 is 2.85 bits per heavy atom. The highest BCUT2D eigenvalue weighted by atomic mass is 16.5. The third kappa shape index (κ3) is 3.19. The number of methoxy groups -OCH3 is 1. The molecule has 3 N–H and O–H groups in total. The fourth-order valence-corrected chi connectivity index (χ4v) is 3.27. The zero-order chi connectivity index (χ0) is 17.9. The van der Waals surface area contributed by atoms with Crippen LogP contribution in [0.3, 0.4) is 0 Å². The number of H-pyrrole nitrogens is 1. The second-order valence-corrected chi connectivity index (χ2v) is 6.27. The number of hydrazone groups is 1. The zero-order valence-electron chi connectivity index (χ0n) is 14.5. The summed E-state index contributed by atoms with van der Waals surface area (Å²) in [5.41, 5.74) is 6.98. The number of nitrogens with zero attached hydrogens (tertiary/aromatic N) is 1. The molecular formula is C20H20N4O2. The van der Waals surface area contributed by atoms with E-state index in [4.69, 9.17) is 4.74 Å². The molecule has 0 spiro atoms. The van der Waals surface area contributed by atoms with Gasteiger partial charge in [0.15, 0.2) is 0 Å². The number of benzene rings is 2. The third-order valence-corrected chi connectivity index (χ3v) is 4.66. The van der Waals surface area contributed by atoms with Crippen molar-refractivity contribution in [3.63, 3.8) is 0 Å². The molecule has 2 heterocycles. The molecule has 2 aromatic carbocycles. The summed E-state index contributed by atoms with van der Waals surface area (Å²) in [7, 11) is 1.62. The van der Waals surface area contributed by atoms with Crippen LogP contribution in [0, 0.1) is 0 Å². The highest BCUT2D eigenvalue weighted by Gasteiger charge is 2.26. The molecule has 1 aliphatic heterocycles. The van der Waals surface area contributed by atoms with Gasteiger partial charge in [0.25, 0.3) is 5.91 Å². The predicted molar refractivity (Wildman–Crippen MR) is 101 cm³/mol. The number of amides is 1. The molecule has 0 aliphatic carbocycles. The van der Waals surface area contributed by atoms with Crippen molar-refractivity contribution >= 4 is 23.0 Å². The molecule has 1 aromatic heterocycles. The molecule has 26 heavy (non-hydrogen) atoms. The topological polar surface area (TPSA) is 78.5 Å². The first-order chi connectivity index (χ1) is 12.7. The minimum Gasteiger partial charge on any atom is -0.497 e. The molecule has 0 saturated heterocycles. The van der Waals surface area contributed by atoms with Crippen molar-refractivity contribution in [2.75, 3.05) is 7.11 Å². The lowest BCUT2D eigenvalue weighted by molar-refractivity contribution is -0.123. The molecule has 0 radical (unpaired) electrons. The van der Waals surface area contributed by atoms with Gasteiger partial charge in [-0.15, -0.1) is 0 Å². The standard InChI is InChI=1S/C20H20N4O2/c1-26-14-8-6-13(7-9-14)11-22-24-20(25)18-10-16-15-4-2-3-5-17(15)23-19(16)12-21-18/h2-9,11,18,21,23H,10,12H2,1H3,(H,24,25)/t18-/m1/s1. The number of para-hydroxylation sites is 1. The summed E-state index contributed by atoms with van der Waals surface area (Å²) < 4.78 is 5.12. The Labute approximate surface area is 151 Å². The molecular weight excluding hydrogens is 328 g/mol. The molecule has 0 fully saturated rings. The summed E-state index contributed by atoms with van der Waals surface area (Å²) in [6.45, 7) is 0.643. The molecule has 1 atom stereocenters. The van der Waals surface area contributed by atoms with Gasteiger partial charge in [-0.3, -0.25) is 10.1 Å². The first kappa shape index (κ1) is 16.4. The van der Waals surface area contributed by atoms with Crippen molar-refractivity contribution in [1.82, 2.24) is 15.7 Å². The number of carbonyl (C=O) groups is 1. The molecule has 6 nitrogen and oxygen atoms in total. The van der Waals surface area contributed by atoms with Crippen LogP contribution in [0.25, 0.3) is 10.9 Å². The van der Waals surface area contributed by atoms with E-state index < -0.39 is 0 Å². The number of hydrogen-bond donors (Lipinski definition) is 3. The maximum absolute atomic E-state index is 12.4. The van der Waals surface area contributed by atoms with Crippen LogP contribution in [0.1, 0.15) is 16.8 Å². The predicted octanol–water partition coefficient (Wildman–Crippen LogP) is 2.34. The highest BCUT2D eigenvalue weighted by Crippen LogP contribution is 2.26. The Morgan fingerprint density at radius 1 is 1.23 bits per heavy atom. The van der Waals surface area contributed by atoms with Crippen molar-refractivity contribution in [3.8, 4) is 5.75 Å². The number of nitrogens with one attached hydrogen (secondary N) is 3. The molecule has 3 aromatic rings. The Morgan fingerprint density at radius 2 is 2.04 bits per heavy atom. The van der Waals surface area contributed by atoms with Gasteiger partial charge in [-0.05, 0) is 47.9 Å². The number of carbonyl (C=O) groups excluding carboxylic acids is 1. The van der Waals surface area contributed by atoms with Gasteiger partial charge in [0, 0.05) is 23.1 Å². The summed E-state index contributed by atoms with van der Waals surface area (Å²) in [6.07, 6.45) is 2.26. The Balaban J connectivity index is 1.41. The van der Waals surface area contributed by atoms with Crippen LogP contribution in [0.2, 0.25) is 0 Å². The number of ether oxygens (including phenoxy) is 1. The highest BCUT2D eigenvalue weighted by molar-refractivity contribution is 5.88. The van der Waals surface area contributed by atoms with Gasteiger partial charge in [-0.25, -0.2) is 5.43 Å². The smallest absolute Gasteiger partial charge is 0.257 e. The molecule has 1 aliphatic rings. The van der Waals surface area contributed by atoms with Crippen LogP contribution >= 0.6 is 0 Å². The van der Waals surface area contributed by atoms with Gasteiger partial charge in [0.05, 0.1) is 19.4 Å². The molecule has 4 rings (SSSR count). The fourth-order valence-electron chi connectivity index (χ4n) is 3.27. The van der Waals surface area contributed by atoms with Crippen LogP contribution in [0.4, 0.5) is 0 Å². The Hall–Kier alpha value is -3.12. The van der Waals surface area contributed by atoms with E-state index in [1.165, 1.54) is 10.9 Å². The lowest BCUT2D eigenvalue weighted by atomic mass is 9.98. The first-order valence-electron chi connectivity index (χ1n) is 8.53. The second kappa shape index (κ2) is 7.01. The summed E-state index contributed by atoms with van der Waals surface area (Å²) >= 11 is 0. The number of aromatic nitrogens is 1. The van der Waals surface area contributed by atoms with Gasteiger partial charge in [-0.1, -0.05) is 18.2 Å². The summed E-state index contributed by atoms with van der Waals surface area (Å²) in [5, 5.41) is 8.51. The van der Waals surface area contributed by atoms with Gasteiger partial charge in [0.2, 0.25) is 0 Å². The average Bonchev–Trinajstić information content (AvgIpc) is 3.06. The normalized spacial score (nSPS) is 16.6. The lowest BCUT2D eigenvalue weighted by Crippen LogP contribution is -2.46. The minimum absolute atomic E-state index is 0.134. The summed E-state index contributed by atoms with van der Waals surface area (Å²) in [5.74, 6) is 0.651. The molecule has 0 unspecified atom stereocenters. The van der Waals surface area contributed by atoms with Crippen LogP contribution in [-0.4, -0.2) is 30.3 Å². The number of rotatable bonds is 4. The van der Waals surface area contributed by atoms with Crippen molar-refractivity contribution < 1.29 is 9.53 Å². The molecule has 132 valence electrons. The van der Waals surface area contributed by atoms with Gasteiger partial charge >= 0.3 is 0 Å². The van der Waals surface area contributed by atoms with E-state index in [1.807, 2.05) is 36.4 Å². The molecule has 6 heteroatoms. The maximum atomic E-state index is 12.4. The summed E-state index contributed by atoms with van der Waals surface area (Å²) in [4.78, 5) is 15.9. The monoisotopic (exact) mass is 348 g/mol. The van der Waals surface area contributed by atoms with Crippen molar-refractivity contribution in [2.24, 2.45) is 5.10 Å². The van der Waals surface area contributed by atoms with Crippen molar-refractivity contribution in [3.05, 3.63) is 65.4 Å². The van der Waals surface area contributed by atoms with E-state index in [-0.39, 0.29) is 11.9 Å². The Kier molecular flexibility index (Phi) is 4.41. The van der Waals surface area contributed by atoms with Gasteiger partial charge in [-0.2, -0.15) is 5.10 Å². The fraction of sp³-hybridized carbons (Fsp3) is 0.200. The van der Waals surface area contributed by atoms with Gasteiger partial charge in [0.1, 0.15) is 5.75 Å². The quantitative estimate of drug-likeness (QED) is 0.500. The van der Waals surface area contributed by atoms with Crippen LogP contribution < -0.4 is 15.5 Å². The van der Waals surface area contributed by atoms with Crippen LogP contribution in [0.5, 0.6) is 5.75 Å². The van der Waals surface area contributed by atoms with E-state index in [0.29, 0.717) is 13.0 Å². The number of hydrogen-bond acceptors (Lipinski definition) is 4. The van der Waals surface area contributed by atoms with Crippen molar-refractivity contribution in [1.29, 1.82) is 0 Å². The molecule has 0 bridgehead atoms. The first-order valence-corrected chi connectivity index (χ1v) is 8.53. The average molecular weight is 348 g/mol. The number of fused-ring (bicyclic) bond motifs is 3. The van der Waals surface area contributed by atoms with Gasteiger partial charge < -0.3 is 9.72 Å².